The fourth-order valence-corrected chi connectivity index (χ4v) is 1.85. The van der Waals surface area contributed by atoms with E-state index in [1.807, 2.05) is 0 Å². The molecule has 0 aliphatic heterocycles. The lowest BCUT2D eigenvalue weighted by atomic mass is 9.95. The summed E-state index contributed by atoms with van der Waals surface area (Å²) in [4.78, 5) is 0. The summed E-state index contributed by atoms with van der Waals surface area (Å²) in [7, 11) is 1.73. The zero-order valence-electron chi connectivity index (χ0n) is 10.8. The fourth-order valence-electron chi connectivity index (χ4n) is 1.85. The minimum atomic E-state index is 0.489. The number of methoxy groups -OCH3 is 1. The van der Waals surface area contributed by atoms with Crippen LogP contribution in [0.15, 0.2) is 18.2 Å². The largest absolute Gasteiger partial charge is 0.496 e. The Morgan fingerprint density at radius 2 is 1.94 bits per heavy atom. The molecule has 0 saturated heterocycles. The van der Waals surface area contributed by atoms with Crippen LogP contribution in [0.4, 0.5) is 0 Å². The summed E-state index contributed by atoms with van der Waals surface area (Å²) in [6, 6.07) is 6.44. The molecule has 1 unspecified atom stereocenters. The lowest BCUT2D eigenvalue weighted by molar-refractivity contribution is 0.407. The van der Waals surface area contributed by atoms with E-state index < -0.39 is 0 Å². The van der Waals surface area contributed by atoms with Crippen LogP contribution in [0.2, 0.25) is 0 Å². The third-order valence-electron chi connectivity index (χ3n) is 2.90. The van der Waals surface area contributed by atoms with Crippen LogP contribution >= 0.6 is 0 Å². The second kappa shape index (κ2) is 5.90. The molecular weight excluding hydrogens is 198 g/mol. The van der Waals surface area contributed by atoms with Crippen LogP contribution in [0.25, 0.3) is 0 Å². The van der Waals surface area contributed by atoms with Crippen LogP contribution < -0.4 is 10.5 Å². The molecule has 0 heterocycles. The highest BCUT2D eigenvalue weighted by Gasteiger charge is 2.09. The highest BCUT2D eigenvalue weighted by molar-refractivity contribution is 5.39. The van der Waals surface area contributed by atoms with E-state index >= 15 is 0 Å². The highest BCUT2D eigenvalue weighted by Crippen LogP contribution is 2.27. The van der Waals surface area contributed by atoms with Gasteiger partial charge >= 0.3 is 0 Å². The second-order valence-corrected chi connectivity index (χ2v) is 4.78. The third kappa shape index (κ3) is 3.24. The third-order valence-corrected chi connectivity index (χ3v) is 2.90. The van der Waals surface area contributed by atoms with Gasteiger partial charge in [-0.05, 0) is 42.0 Å². The average molecular weight is 221 g/mol. The smallest absolute Gasteiger partial charge is 0.122 e. The van der Waals surface area contributed by atoms with Crippen LogP contribution in [0.3, 0.4) is 0 Å². The number of hydrogen-bond donors (Lipinski definition) is 1. The van der Waals surface area contributed by atoms with E-state index in [4.69, 9.17) is 10.5 Å². The molecule has 2 nitrogen and oxygen atoms in total. The Morgan fingerprint density at radius 1 is 1.25 bits per heavy atom. The summed E-state index contributed by atoms with van der Waals surface area (Å²) in [6.07, 6.45) is 1.04. The number of hydrogen-bond acceptors (Lipinski definition) is 2. The Bertz CT molecular complexity index is 334. The predicted octanol–water partition coefficient (Wildman–Crippen LogP) is 2.96. The van der Waals surface area contributed by atoms with Gasteiger partial charge in [0.25, 0.3) is 0 Å². The van der Waals surface area contributed by atoms with E-state index in [-0.39, 0.29) is 0 Å². The van der Waals surface area contributed by atoms with Gasteiger partial charge in [0.05, 0.1) is 7.11 Å². The molecule has 0 bridgehead atoms. The van der Waals surface area contributed by atoms with Crippen molar-refractivity contribution >= 4 is 0 Å². The first-order chi connectivity index (χ1) is 7.58. The van der Waals surface area contributed by atoms with Crippen LogP contribution in [-0.4, -0.2) is 13.7 Å². The molecule has 0 aromatic heterocycles. The molecule has 2 heteroatoms. The monoisotopic (exact) mass is 221 g/mol. The van der Waals surface area contributed by atoms with Crippen molar-refractivity contribution in [1.82, 2.24) is 0 Å². The molecule has 0 radical (unpaired) electrons. The molecule has 90 valence electrons. The lowest BCUT2D eigenvalue weighted by Crippen LogP contribution is -2.13. The van der Waals surface area contributed by atoms with Crippen LogP contribution in [0.5, 0.6) is 5.75 Å². The van der Waals surface area contributed by atoms with Crippen molar-refractivity contribution in [3.05, 3.63) is 29.3 Å². The number of benzene rings is 1. The van der Waals surface area contributed by atoms with Gasteiger partial charge in [-0.3, -0.25) is 0 Å². The Morgan fingerprint density at radius 3 is 2.44 bits per heavy atom. The molecular formula is C14H23NO. The van der Waals surface area contributed by atoms with Gasteiger partial charge in [0, 0.05) is 0 Å². The number of nitrogens with two attached hydrogens (primary N) is 1. The summed E-state index contributed by atoms with van der Waals surface area (Å²) >= 11 is 0. The molecule has 0 aliphatic rings. The fraction of sp³-hybridized carbons (Fsp3) is 0.571. The Kier molecular flexibility index (Phi) is 4.81. The Hall–Kier alpha value is -1.02. The minimum Gasteiger partial charge on any atom is -0.496 e. The zero-order chi connectivity index (χ0) is 12.1. The standard InChI is InChI=1S/C14H23NO/c1-10(2)13-8-12(7-11(3)9-15)5-6-14(13)16-4/h5-6,8,10-11H,7,9,15H2,1-4H3. The van der Waals surface area contributed by atoms with E-state index in [0.29, 0.717) is 11.8 Å². The van der Waals surface area contributed by atoms with Gasteiger partial charge in [-0.1, -0.05) is 32.9 Å². The van der Waals surface area contributed by atoms with Gasteiger partial charge in [0.1, 0.15) is 5.75 Å². The molecule has 0 saturated carbocycles. The molecule has 16 heavy (non-hydrogen) atoms. The first-order valence-corrected chi connectivity index (χ1v) is 5.95. The Labute approximate surface area is 98.8 Å². The summed E-state index contributed by atoms with van der Waals surface area (Å²) < 4.78 is 5.37. The summed E-state index contributed by atoms with van der Waals surface area (Å²) in [5.41, 5.74) is 8.28. The Balaban J connectivity index is 2.93. The predicted molar refractivity (Wildman–Crippen MR) is 69.0 cm³/mol. The van der Waals surface area contributed by atoms with E-state index in [1.165, 1.54) is 11.1 Å². The first-order valence-electron chi connectivity index (χ1n) is 5.95. The minimum absolute atomic E-state index is 0.489. The van der Waals surface area contributed by atoms with Crippen LogP contribution in [-0.2, 0) is 6.42 Å². The first kappa shape index (κ1) is 13.0. The highest BCUT2D eigenvalue weighted by atomic mass is 16.5. The normalized spacial score (nSPS) is 12.9. The summed E-state index contributed by atoms with van der Waals surface area (Å²) in [5, 5.41) is 0. The van der Waals surface area contributed by atoms with Crippen molar-refractivity contribution in [2.24, 2.45) is 11.7 Å². The van der Waals surface area contributed by atoms with Crippen LogP contribution in [0, 0.1) is 5.92 Å². The molecule has 1 atom stereocenters. The van der Waals surface area contributed by atoms with Crippen molar-refractivity contribution in [3.63, 3.8) is 0 Å². The van der Waals surface area contributed by atoms with Gasteiger partial charge < -0.3 is 10.5 Å². The SMILES string of the molecule is COc1ccc(CC(C)CN)cc1C(C)C. The van der Waals surface area contributed by atoms with Gasteiger partial charge in [-0.2, -0.15) is 0 Å². The molecule has 0 fully saturated rings. The topological polar surface area (TPSA) is 35.2 Å². The van der Waals surface area contributed by atoms with Crippen molar-refractivity contribution in [3.8, 4) is 5.75 Å². The maximum Gasteiger partial charge on any atom is 0.122 e. The van der Waals surface area contributed by atoms with Gasteiger partial charge in [0.2, 0.25) is 0 Å². The lowest BCUT2D eigenvalue weighted by Gasteiger charge is -2.15. The van der Waals surface area contributed by atoms with E-state index in [2.05, 4.69) is 39.0 Å². The van der Waals surface area contributed by atoms with Crippen molar-refractivity contribution in [1.29, 1.82) is 0 Å². The van der Waals surface area contributed by atoms with Crippen LogP contribution in [0.1, 0.15) is 37.8 Å². The maximum atomic E-state index is 5.65. The van der Waals surface area contributed by atoms with Gasteiger partial charge in [-0.25, -0.2) is 0 Å². The summed E-state index contributed by atoms with van der Waals surface area (Å²) in [5.74, 6) is 2.01. The number of ether oxygens (including phenoxy) is 1. The van der Waals surface area contributed by atoms with Crippen molar-refractivity contribution in [2.75, 3.05) is 13.7 Å². The quantitative estimate of drug-likeness (QED) is 0.829. The molecule has 1 aromatic rings. The molecule has 0 amide bonds. The molecule has 1 aromatic carbocycles. The van der Waals surface area contributed by atoms with E-state index in [9.17, 15) is 0 Å². The van der Waals surface area contributed by atoms with E-state index in [0.717, 1.165) is 18.7 Å². The van der Waals surface area contributed by atoms with Crippen molar-refractivity contribution in [2.45, 2.75) is 33.1 Å². The second-order valence-electron chi connectivity index (χ2n) is 4.78. The van der Waals surface area contributed by atoms with Gasteiger partial charge in [0.15, 0.2) is 0 Å². The maximum absolute atomic E-state index is 5.65. The molecule has 1 rings (SSSR count). The molecule has 0 spiro atoms. The average Bonchev–Trinajstić information content (AvgIpc) is 2.28. The number of rotatable bonds is 5. The summed E-state index contributed by atoms with van der Waals surface area (Å²) in [6.45, 7) is 7.30. The molecule has 2 N–H and O–H groups in total. The van der Waals surface area contributed by atoms with Gasteiger partial charge in [-0.15, -0.1) is 0 Å². The zero-order valence-corrected chi connectivity index (χ0v) is 10.8. The van der Waals surface area contributed by atoms with E-state index in [1.54, 1.807) is 7.11 Å². The molecule has 0 aliphatic carbocycles. The van der Waals surface area contributed by atoms with Crippen molar-refractivity contribution < 1.29 is 4.74 Å².